The van der Waals surface area contributed by atoms with Gasteiger partial charge >= 0.3 is 11.9 Å². The lowest BCUT2D eigenvalue weighted by atomic mass is 10.4. The lowest BCUT2D eigenvalue weighted by Gasteiger charge is -2.32. The van der Waals surface area contributed by atoms with Crippen molar-refractivity contribution in [1.82, 2.24) is 10.0 Å². The first kappa shape index (κ1) is 19.8. The third-order valence-corrected chi connectivity index (χ3v) is 2.54. The largest absolute Gasteiger partial charge is 0.480 e. The van der Waals surface area contributed by atoms with E-state index in [2.05, 4.69) is 0 Å². The van der Waals surface area contributed by atoms with Crippen molar-refractivity contribution in [3.8, 4) is 0 Å². The maximum Gasteiger partial charge on any atom is 0.327 e. The Bertz CT molecular complexity index is 414. The summed E-state index contributed by atoms with van der Waals surface area (Å²) < 4.78 is 4.89. The summed E-state index contributed by atoms with van der Waals surface area (Å²) in [6, 6.07) is 0. The molecule has 0 saturated carbocycles. The van der Waals surface area contributed by atoms with Crippen LogP contribution in [0.3, 0.4) is 0 Å². The van der Waals surface area contributed by atoms with Crippen LogP contribution in [0, 0.1) is 0 Å². The smallest absolute Gasteiger partial charge is 0.327 e. The molecule has 5 N–H and O–H groups in total. The number of carboxylic acid groups (broad SMARTS) is 1. The molecule has 22 heavy (non-hydrogen) atoms. The third-order valence-electron chi connectivity index (χ3n) is 2.54. The Morgan fingerprint density at radius 1 is 1.00 bits per heavy atom. The van der Waals surface area contributed by atoms with Crippen LogP contribution in [0.1, 0.15) is 19.8 Å². The van der Waals surface area contributed by atoms with E-state index in [4.69, 9.17) is 21.3 Å². The van der Waals surface area contributed by atoms with Crippen LogP contribution in [0.4, 0.5) is 0 Å². The van der Waals surface area contributed by atoms with E-state index in [0.717, 1.165) is 6.42 Å². The van der Waals surface area contributed by atoms with Gasteiger partial charge in [-0.2, -0.15) is 0 Å². The zero-order valence-electron chi connectivity index (χ0n) is 12.5. The summed E-state index contributed by atoms with van der Waals surface area (Å²) in [6.45, 7) is -0.373. The molecule has 0 bridgehead atoms. The molecule has 0 aliphatic carbocycles. The highest BCUT2D eigenvalue weighted by Gasteiger charge is 2.28. The molecule has 126 valence electrons. The Morgan fingerprint density at radius 2 is 1.50 bits per heavy atom. The maximum atomic E-state index is 11.8. The van der Waals surface area contributed by atoms with Crippen LogP contribution >= 0.6 is 0 Å². The molecular weight excluding hydrogens is 296 g/mol. The normalized spacial score (nSPS) is 9.95. The van der Waals surface area contributed by atoms with Gasteiger partial charge in [-0.1, -0.05) is 13.3 Å². The van der Waals surface area contributed by atoms with E-state index in [1.54, 1.807) is 0 Å². The van der Waals surface area contributed by atoms with Gasteiger partial charge in [0.15, 0.2) is 0 Å². The molecule has 0 aromatic rings. The molecule has 0 unspecified atom stereocenters. The fourth-order valence-corrected chi connectivity index (χ4v) is 1.45. The number of carbonyl (C=O) groups excluding carboxylic acids is 3. The molecule has 0 aliphatic rings. The summed E-state index contributed by atoms with van der Waals surface area (Å²) >= 11 is 0. The first-order valence-corrected chi connectivity index (χ1v) is 6.75. The summed E-state index contributed by atoms with van der Waals surface area (Å²) in [5, 5.41) is 10.1. The van der Waals surface area contributed by atoms with Crippen LogP contribution in [-0.2, 0) is 23.9 Å². The number of hydrogen-bond acceptors (Lipinski definition) is 7. The predicted molar refractivity (Wildman–Crippen MR) is 75.0 cm³/mol. The van der Waals surface area contributed by atoms with E-state index in [1.165, 1.54) is 0 Å². The number of hydrogen-bond donors (Lipinski definition) is 3. The minimum absolute atomic E-state index is 0.170. The second-order valence-corrected chi connectivity index (χ2v) is 4.28. The lowest BCUT2D eigenvalue weighted by molar-refractivity contribution is -0.173. The van der Waals surface area contributed by atoms with E-state index >= 15 is 0 Å². The van der Waals surface area contributed by atoms with Gasteiger partial charge in [0.1, 0.15) is 13.1 Å². The van der Waals surface area contributed by atoms with Gasteiger partial charge in [0.25, 0.3) is 11.8 Å². The fraction of sp³-hybridized carbons (Fsp3) is 0.667. The molecule has 0 rings (SSSR count). The monoisotopic (exact) mass is 318 g/mol. The molecule has 0 fully saturated rings. The lowest BCUT2D eigenvalue weighted by Crippen LogP contribution is -2.56. The highest BCUT2D eigenvalue weighted by molar-refractivity contribution is 5.88. The zero-order valence-corrected chi connectivity index (χ0v) is 12.5. The maximum absolute atomic E-state index is 11.8. The fourth-order valence-electron chi connectivity index (χ4n) is 1.45. The minimum atomic E-state index is -1.36. The van der Waals surface area contributed by atoms with Gasteiger partial charge in [-0.05, 0) is 6.42 Å². The van der Waals surface area contributed by atoms with E-state index in [-0.39, 0.29) is 6.61 Å². The molecule has 10 nitrogen and oxygen atoms in total. The number of carboxylic acids is 1. The second-order valence-electron chi connectivity index (χ2n) is 4.28. The molecular formula is C12H22N4O6. The average Bonchev–Trinajstić information content (AvgIpc) is 2.49. The standard InChI is InChI=1S/C12H22N4O6/c1-2-3-4-22-12(21)8-16(10(18)6-14)15(7-11(19)20)9(17)5-13/h2-8,13-14H2,1H3,(H,19,20). The molecule has 0 aromatic carbocycles. The summed E-state index contributed by atoms with van der Waals surface area (Å²) in [5.74, 6) is -3.76. The van der Waals surface area contributed by atoms with Gasteiger partial charge in [0.05, 0.1) is 19.7 Å². The Morgan fingerprint density at radius 3 is 1.91 bits per heavy atom. The quantitative estimate of drug-likeness (QED) is 0.248. The number of carbonyl (C=O) groups is 4. The van der Waals surface area contributed by atoms with Crippen molar-refractivity contribution in [2.24, 2.45) is 11.5 Å². The van der Waals surface area contributed by atoms with Gasteiger partial charge in [-0.15, -0.1) is 0 Å². The van der Waals surface area contributed by atoms with E-state index < -0.39 is 49.9 Å². The van der Waals surface area contributed by atoms with Gasteiger partial charge in [0.2, 0.25) is 0 Å². The molecule has 0 aliphatic heterocycles. The topological polar surface area (TPSA) is 156 Å². The number of unbranched alkanes of at least 4 members (excludes halogenated alkanes) is 1. The summed E-state index contributed by atoms with van der Waals surface area (Å²) in [6.07, 6.45) is 1.46. The van der Waals surface area contributed by atoms with Gasteiger partial charge in [0, 0.05) is 0 Å². The molecule has 0 spiro atoms. The third kappa shape index (κ3) is 6.99. The molecule has 10 heteroatoms. The zero-order chi connectivity index (χ0) is 17.1. The summed E-state index contributed by atoms with van der Waals surface area (Å²) in [5.41, 5.74) is 10.4. The summed E-state index contributed by atoms with van der Waals surface area (Å²) in [7, 11) is 0. The first-order chi connectivity index (χ1) is 10.4. The van der Waals surface area contributed by atoms with Crippen molar-refractivity contribution in [2.45, 2.75) is 19.8 Å². The Hall–Kier alpha value is -2.20. The molecule has 0 heterocycles. The number of nitrogens with zero attached hydrogens (tertiary/aromatic N) is 2. The van der Waals surface area contributed by atoms with Crippen LogP contribution in [0.15, 0.2) is 0 Å². The first-order valence-electron chi connectivity index (χ1n) is 6.75. The van der Waals surface area contributed by atoms with Crippen molar-refractivity contribution >= 4 is 23.8 Å². The molecule has 0 atom stereocenters. The van der Waals surface area contributed by atoms with E-state index in [0.29, 0.717) is 16.4 Å². The van der Waals surface area contributed by atoms with Crippen LogP contribution < -0.4 is 11.5 Å². The number of esters is 1. The highest BCUT2D eigenvalue weighted by atomic mass is 16.5. The minimum Gasteiger partial charge on any atom is -0.480 e. The van der Waals surface area contributed by atoms with E-state index in [1.807, 2.05) is 6.92 Å². The predicted octanol–water partition coefficient (Wildman–Crippen LogP) is -2.10. The van der Waals surface area contributed by atoms with Crippen molar-refractivity contribution in [3.63, 3.8) is 0 Å². The van der Waals surface area contributed by atoms with Crippen molar-refractivity contribution in [1.29, 1.82) is 0 Å². The van der Waals surface area contributed by atoms with Crippen LogP contribution in [0.25, 0.3) is 0 Å². The van der Waals surface area contributed by atoms with Gasteiger partial charge in [-0.3, -0.25) is 19.2 Å². The number of nitrogens with two attached hydrogens (primary N) is 2. The average molecular weight is 318 g/mol. The van der Waals surface area contributed by atoms with Gasteiger partial charge < -0.3 is 21.3 Å². The number of hydrazine groups is 1. The SMILES string of the molecule is CCCCOC(=O)CN(C(=O)CN)N(CC(=O)O)C(=O)CN. The van der Waals surface area contributed by atoms with Crippen LogP contribution in [0.5, 0.6) is 0 Å². The summed E-state index contributed by atoms with van der Waals surface area (Å²) in [4.78, 5) is 46.0. The van der Waals surface area contributed by atoms with E-state index in [9.17, 15) is 19.2 Å². The molecule has 0 aromatic heterocycles. The van der Waals surface area contributed by atoms with Crippen LogP contribution in [-0.4, -0.2) is 71.7 Å². The Balaban J connectivity index is 5.04. The van der Waals surface area contributed by atoms with Gasteiger partial charge in [-0.25, -0.2) is 10.0 Å². The van der Waals surface area contributed by atoms with Crippen molar-refractivity contribution in [2.75, 3.05) is 32.8 Å². The number of aliphatic carboxylic acids is 1. The number of rotatable bonds is 9. The van der Waals surface area contributed by atoms with Crippen LogP contribution in [0.2, 0.25) is 0 Å². The molecule has 0 saturated heterocycles. The number of amides is 2. The molecule has 0 radical (unpaired) electrons. The second kappa shape index (κ2) is 10.5. The Labute approximate surface area is 127 Å². The Kier molecular flexibility index (Phi) is 9.46. The number of ether oxygens (including phenoxy) is 1. The molecule has 2 amide bonds. The van der Waals surface area contributed by atoms with Crippen molar-refractivity contribution in [3.05, 3.63) is 0 Å². The highest BCUT2D eigenvalue weighted by Crippen LogP contribution is 2.02. The van der Waals surface area contributed by atoms with Crippen molar-refractivity contribution < 1.29 is 29.0 Å².